The molecule has 0 atom stereocenters. The molecule has 2 rings (SSSR count). The molecule has 94 valence electrons. The molecule has 0 saturated carbocycles. The number of Topliss-reactive ketones (excluding diaryl/α,β-unsaturated/α-hetero) is 1. The summed E-state index contributed by atoms with van der Waals surface area (Å²) < 4.78 is 0. The van der Waals surface area contributed by atoms with Crippen LogP contribution < -0.4 is 0 Å². The van der Waals surface area contributed by atoms with Gasteiger partial charge in [-0.05, 0) is 0 Å². The Bertz CT molecular complexity index is 451. The summed E-state index contributed by atoms with van der Waals surface area (Å²) in [5.41, 5.74) is 0.403. The SMILES string of the molecule is O=CN1CCN(C(=O)C(=O)c2ccccc2)CC1. The van der Waals surface area contributed by atoms with E-state index in [0.717, 1.165) is 6.41 Å². The molecular formula is C13H14N2O3. The lowest BCUT2D eigenvalue weighted by Gasteiger charge is -2.32. The predicted molar refractivity (Wildman–Crippen MR) is 65.0 cm³/mol. The number of carbonyl (C=O) groups excluding carboxylic acids is 3. The number of amides is 2. The molecule has 1 aliphatic heterocycles. The van der Waals surface area contributed by atoms with Gasteiger partial charge in [-0.25, -0.2) is 0 Å². The van der Waals surface area contributed by atoms with Crippen molar-refractivity contribution in [2.45, 2.75) is 0 Å². The average Bonchev–Trinajstić information content (AvgIpc) is 2.47. The lowest BCUT2D eigenvalue weighted by Crippen LogP contribution is -2.50. The van der Waals surface area contributed by atoms with Gasteiger partial charge < -0.3 is 9.80 Å². The molecule has 1 aromatic rings. The second kappa shape index (κ2) is 5.44. The van der Waals surface area contributed by atoms with E-state index in [0.29, 0.717) is 31.7 Å². The molecule has 1 aromatic carbocycles. The third kappa shape index (κ3) is 2.56. The highest BCUT2D eigenvalue weighted by Gasteiger charge is 2.26. The number of ketones is 1. The van der Waals surface area contributed by atoms with Crippen molar-refractivity contribution in [1.82, 2.24) is 9.80 Å². The Morgan fingerprint density at radius 1 is 1.00 bits per heavy atom. The molecule has 5 nitrogen and oxygen atoms in total. The van der Waals surface area contributed by atoms with Gasteiger partial charge in [-0.2, -0.15) is 0 Å². The number of carbonyl (C=O) groups is 3. The Morgan fingerprint density at radius 3 is 2.17 bits per heavy atom. The molecule has 0 N–H and O–H groups in total. The fourth-order valence-electron chi connectivity index (χ4n) is 1.89. The van der Waals surface area contributed by atoms with Gasteiger partial charge in [-0.1, -0.05) is 30.3 Å². The zero-order valence-corrected chi connectivity index (χ0v) is 9.91. The van der Waals surface area contributed by atoms with E-state index in [1.54, 1.807) is 35.2 Å². The molecule has 1 saturated heterocycles. The average molecular weight is 246 g/mol. The van der Waals surface area contributed by atoms with Crippen LogP contribution in [0.2, 0.25) is 0 Å². The fourth-order valence-corrected chi connectivity index (χ4v) is 1.89. The minimum atomic E-state index is -0.494. The number of hydrogen-bond acceptors (Lipinski definition) is 3. The van der Waals surface area contributed by atoms with E-state index < -0.39 is 11.7 Å². The Labute approximate surface area is 105 Å². The second-order valence-corrected chi connectivity index (χ2v) is 4.13. The van der Waals surface area contributed by atoms with Gasteiger partial charge in [0.15, 0.2) is 0 Å². The van der Waals surface area contributed by atoms with Crippen LogP contribution in [0.5, 0.6) is 0 Å². The number of benzene rings is 1. The molecule has 0 unspecified atom stereocenters. The highest BCUT2D eigenvalue weighted by molar-refractivity contribution is 6.42. The van der Waals surface area contributed by atoms with Crippen LogP contribution in [0.1, 0.15) is 10.4 Å². The smallest absolute Gasteiger partial charge is 0.295 e. The molecule has 0 aliphatic carbocycles. The summed E-state index contributed by atoms with van der Waals surface area (Å²) in [4.78, 5) is 37.5. The van der Waals surface area contributed by atoms with Crippen molar-refractivity contribution in [3.05, 3.63) is 35.9 Å². The van der Waals surface area contributed by atoms with Crippen LogP contribution in [-0.4, -0.2) is 54.1 Å². The maximum atomic E-state index is 12.0. The first-order valence-corrected chi connectivity index (χ1v) is 5.80. The first kappa shape index (κ1) is 12.3. The van der Waals surface area contributed by atoms with Crippen LogP contribution in [0.4, 0.5) is 0 Å². The van der Waals surface area contributed by atoms with Crippen molar-refractivity contribution >= 4 is 18.1 Å². The summed E-state index contributed by atoms with van der Waals surface area (Å²) in [6, 6.07) is 8.50. The Kier molecular flexibility index (Phi) is 3.72. The van der Waals surface area contributed by atoms with Crippen molar-refractivity contribution in [1.29, 1.82) is 0 Å². The van der Waals surface area contributed by atoms with Crippen molar-refractivity contribution < 1.29 is 14.4 Å². The van der Waals surface area contributed by atoms with Crippen molar-refractivity contribution in [3.8, 4) is 0 Å². The first-order chi connectivity index (χ1) is 8.72. The highest BCUT2D eigenvalue weighted by Crippen LogP contribution is 2.06. The van der Waals surface area contributed by atoms with E-state index in [2.05, 4.69) is 0 Å². The zero-order chi connectivity index (χ0) is 13.0. The minimum absolute atomic E-state index is 0.403. The van der Waals surface area contributed by atoms with Gasteiger partial charge in [0.1, 0.15) is 0 Å². The van der Waals surface area contributed by atoms with Crippen LogP contribution in [0.15, 0.2) is 30.3 Å². The van der Waals surface area contributed by atoms with Crippen LogP contribution >= 0.6 is 0 Å². The molecule has 1 heterocycles. The molecule has 1 aliphatic rings. The van der Waals surface area contributed by atoms with E-state index >= 15 is 0 Å². The number of piperazine rings is 1. The molecule has 0 radical (unpaired) electrons. The molecule has 0 aromatic heterocycles. The molecule has 18 heavy (non-hydrogen) atoms. The minimum Gasteiger partial charge on any atom is -0.342 e. The summed E-state index contributed by atoms with van der Waals surface area (Å²) >= 11 is 0. The largest absolute Gasteiger partial charge is 0.342 e. The van der Waals surface area contributed by atoms with Crippen LogP contribution in [0.25, 0.3) is 0 Å². The van der Waals surface area contributed by atoms with Gasteiger partial charge in [0.25, 0.3) is 5.91 Å². The summed E-state index contributed by atoms with van der Waals surface area (Å²) in [6.45, 7) is 1.79. The fraction of sp³-hybridized carbons (Fsp3) is 0.308. The van der Waals surface area contributed by atoms with Crippen LogP contribution in [0.3, 0.4) is 0 Å². The van der Waals surface area contributed by atoms with Crippen molar-refractivity contribution in [2.75, 3.05) is 26.2 Å². The normalized spacial score (nSPS) is 15.3. The molecule has 0 bridgehead atoms. The third-order valence-corrected chi connectivity index (χ3v) is 2.98. The van der Waals surface area contributed by atoms with E-state index in [1.165, 1.54) is 4.90 Å². The number of hydrogen-bond donors (Lipinski definition) is 0. The van der Waals surface area contributed by atoms with Crippen molar-refractivity contribution in [2.24, 2.45) is 0 Å². The summed E-state index contributed by atoms with van der Waals surface area (Å²) in [6.07, 6.45) is 0.765. The second-order valence-electron chi connectivity index (χ2n) is 4.13. The maximum absolute atomic E-state index is 12.0. The van der Waals surface area contributed by atoms with E-state index in [9.17, 15) is 14.4 Å². The summed E-state index contributed by atoms with van der Waals surface area (Å²) in [7, 11) is 0. The molecule has 2 amide bonds. The summed E-state index contributed by atoms with van der Waals surface area (Å²) in [5, 5.41) is 0. The van der Waals surface area contributed by atoms with E-state index in [4.69, 9.17) is 0 Å². The Morgan fingerprint density at radius 2 is 1.61 bits per heavy atom. The Balaban J connectivity index is 2.00. The lowest BCUT2D eigenvalue weighted by molar-refractivity contribution is -0.131. The Hall–Kier alpha value is -2.17. The molecule has 1 fully saturated rings. The zero-order valence-electron chi connectivity index (χ0n) is 9.91. The molecule has 5 heteroatoms. The van der Waals surface area contributed by atoms with Gasteiger partial charge in [-0.3, -0.25) is 14.4 Å². The van der Waals surface area contributed by atoms with Crippen LogP contribution in [0, 0.1) is 0 Å². The van der Waals surface area contributed by atoms with Gasteiger partial charge in [0.05, 0.1) is 0 Å². The van der Waals surface area contributed by atoms with Crippen molar-refractivity contribution in [3.63, 3.8) is 0 Å². The first-order valence-electron chi connectivity index (χ1n) is 5.80. The van der Waals surface area contributed by atoms with Gasteiger partial charge in [0, 0.05) is 31.7 Å². The third-order valence-electron chi connectivity index (χ3n) is 2.98. The monoisotopic (exact) mass is 246 g/mol. The standard InChI is InChI=1S/C13H14N2O3/c16-10-14-6-8-15(9-7-14)13(18)12(17)11-4-2-1-3-5-11/h1-5,10H,6-9H2. The highest BCUT2D eigenvalue weighted by atomic mass is 16.2. The van der Waals surface area contributed by atoms with E-state index in [-0.39, 0.29) is 0 Å². The molecular weight excluding hydrogens is 232 g/mol. The maximum Gasteiger partial charge on any atom is 0.295 e. The molecule has 0 spiro atoms. The topological polar surface area (TPSA) is 57.7 Å². The predicted octanol–water partition coefficient (Wildman–Crippen LogP) is 0.170. The van der Waals surface area contributed by atoms with E-state index in [1.807, 2.05) is 0 Å². The van der Waals surface area contributed by atoms with Crippen LogP contribution in [-0.2, 0) is 9.59 Å². The van der Waals surface area contributed by atoms with Gasteiger partial charge >= 0.3 is 0 Å². The number of nitrogens with zero attached hydrogens (tertiary/aromatic N) is 2. The lowest BCUT2D eigenvalue weighted by atomic mass is 10.1. The summed E-state index contributed by atoms with van der Waals surface area (Å²) in [5.74, 6) is -0.984. The number of rotatable bonds is 3. The quantitative estimate of drug-likeness (QED) is 0.434. The van der Waals surface area contributed by atoms with Gasteiger partial charge in [-0.15, -0.1) is 0 Å². The van der Waals surface area contributed by atoms with Gasteiger partial charge in [0.2, 0.25) is 12.2 Å².